The molecule has 6 heteroatoms. The van der Waals surface area contributed by atoms with Gasteiger partial charge in [-0.2, -0.15) is 8.42 Å². The molecule has 0 amide bonds. The molecular formula is C13H16O5S. The summed E-state index contributed by atoms with van der Waals surface area (Å²) in [6.07, 6.45) is 1.98. The lowest BCUT2D eigenvalue weighted by Crippen LogP contribution is -2.33. The van der Waals surface area contributed by atoms with Crippen LogP contribution in [-0.4, -0.2) is 38.9 Å². The zero-order chi connectivity index (χ0) is 13.9. The molecule has 1 aromatic rings. The van der Waals surface area contributed by atoms with Crippen molar-refractivity contribution in [1.82, 2.24) is 0 Å². The Labute approximate surface area is 112 Å². The van der Waals surface area contributed by atoms with Gasteiger partial charge in [0.25, 0.3) is 10.1 Å². The smallest absolute Gasteiger partial charge is 0.297 e. The lowest BCUT2D eigenvalue weighted by atomic mass is 10.2. The van der Waals surface area contributed by atoms with E-state index in [1.165, 1.54) is 12.1 Å². The molecule has 1 aliphatic heterocycles. The highest BCUT2D eigenvalue weighted by atomic mass is 32.2. The minimum atomic E-state index is -3.90. The van der Waals surface area contributed by atoms with E-state index in [1.807, 2.05) is 6.92 Å². The van der Waals surface area contributed by atoms with E-state index >= 15 is 0 Å². The lowest BCUT2D eigenvalue weighted by Gasteiger charge is -2.20. The maximum atomic E-state index is 12.1. The molecule has 1 aromatic carbocycles. The van der Waals surface area contributed by atoms with Crippen LogP contribution in [0.15, 0.2) is 41.3 Å². The number of rotatable bonds is 5. The van der Waals surface area contributed by atoms with Crippen LogP contribution in [0.2, 0.25) is 0 Å². The van der Waals surface area contributed by atoms with E-state index in [4.69, 9.17) is 8.92 Å². The third-order valence-electron chi connectivity index (χ3n) is 2.82. The molecule has 0 saturated carbocycles. The van der Waals surface area contributed by atoms with Gasteiger partial charge in [0.15, 0.2) is 0 Å². The van der Waals surface area contributed by atoms with E-state index in [2.05, 4.69) is 0 Å². The first-order valence-electron chi connectivity index (χ1n) is 5.92. The van der Waals surface area contributed by atoms with Gasteiger partial charge in [0, 0.05) is 0 Å². The Balaban J connectivity index is 2.15. The van der Waals surface area contributed by atoms with Crippen molar-refractivity contribution < 1.29 is 22.4 Å². The van der Waals surface area contributed by atoms with Crippen LogP contribution >= 0.6 is 0 Å². The van der Waals surface area contributed by atoms with Gasteiger partial charge < -0.3 is 9.84 Å². The summed E-state index contributed by atoms with van der Waals surface area (Å²) >= 11 is 0. The van der Waals surface area contributed by atoms with Crippen LogP contribution in [0.3, 0.4) is 0 Å². The van der Waals surface area contributed by atoms with Gasteiger partial charge in [-0.3, -0.25) is 4.18 Å². The van der Waals surface area contributed by atoms with E-state index < -0.39 is 28.9 Å². The van der Waals surface area contributed by atoms with Gasteiger partial charge >= 0.3 is 0 Å². The molecule has 1 heterocycles. The van der Waals surface area contributed by atoms with Gasteiger partial charge in [0.1, 0.15) is 12.2 Å². The quantitative estimate of drug-likeness (QED) is 0.645. The number of aliphatic hydroxyl groups excluding tert-OH is 1. The standard InChI is InChI=1S/C13H16O5S/c1-10-4-6-11(7-5-10)19(15,16)18-13(9-14)12-3-2-8-17-12/h2-7,12-14H,8-9H2,1H3/t12-,13-/m0/s1. The van der Waals surface area contributed by atoms with Crippen LogP contribution < -0.4 is 0 Å². The molecule has 1 N–H and O–H groups in total. The van der Waals surface area contributed by atoms with Crippen molar-refractivity contribution in [3.05, 3.63) is 42.0 Å². The van der Waals surface area contributed by atoms with Crippen LogP contribution in [0.1, 0.15) is 5.56 Å². The van der Waals surface area contributed by atoms with Gasteiger partial charge in [0.05, 0.1) is 18.1 Å². The highest BCUT2D eigenvalue weighted by Gasteiger charge is 2.28. The van der Waals surface area contributed by atoms with Crippen LogP contribution in [0.25, 0.3) is 0 Å². The van der Waals surface area contributed by atoms with Crippen LogP contribution in [-0.2, 0) is 19.0 Å². The fourth-order valence-corrected chi connectivity index (χ4v) is 2.83. The maximum Gasteiger partial charge on any atom is 0.297 e. The topological polar surface area (TPSA) is 72.8 Å². The summed E-state index contributed by atoms with van der Waals surface area (Å²) in [4.78, 5) is 0.0681. The number of aryl methyl sites for hydroxylation is 1. The fourth-order valence-electron chi connectivity index (χ4n) is 1.76. The number of benzene rings is 1. The fraction of sp³-hybridized carbons (Fsp3) is 0.385. The molecule has 0 radical (unpaired) electrons. The van der Waals surface area contributed by atoms with E-state index in [-0.39, 0.29) is 4.90 Å². The SMILES string of the molecule is Cc1ccc(S(=O)(=O)O[C@@H](CO)[C@@H]2C=CCO2)cc1. The molecule has 0 bridgehead atoms. The minimum Gasteiger partial charge on any atom is -0.394 e. The summed E-state index contributed by atoms with van der Waals surface area (Å²) in [5, 5.41) is 9.24. The molecule has 104 valence electrons. The van der Waals surface area contributed by atoms with Crippen LogP contribution in [0.5, 0.6) is 0 Å². The predicted molar refractivity (Wildman–Crippen MR) is 69.2 cm³/mol. The second-order valence-corrected chi connectivity index (χ2v) is 5.88. The van der Waals surface area contributed by atoms with Crippen molar-refractivity contribution in [3.63, 3.8) is 0 Å². The Morgan fingerprint density at radius 2 is 2.11 bits per heavy atom. The molecule has 0 saturated heterocycles. The second kappa shape index (κ2) is 5.83. The van der Waals surface area contributed by atoms with Crippen LogP contribution in [0, 0.1) is 6.92 Å². The molecule has 0 aromatic heterocycles. The van der Waals surface area contributed by atoms with Gasteiger partial charge in [-0.25, -0.2) is 0 Å². The first-order chi connectivity index (χ1) is 9.03. The van der Waals surface area contributed by atoms with E-state index in [0.717, 1.165) is 5.56 Å². The van der Waals surface area contributed by atoms with Gasteiger partial charge in [-0.05, 0) is 19.1 Å². The summed E-state index contributed by atoms with van der Waals surface area (Å²) in [5.41, 5.74) is 0.958. The highest BCUT2D eigenvalue weighted by Crippen LogP contribution is 2.19. The third-order valence-corrected chi connectivity index (χ3v) is 4.17. The number of hydrogen-bond acceptors (Lipinski definition) is 5. The van der Waals surface area contributed by atoms with Crippen molar-refractivity contribution in [2.45, 2.75) is 24.0 Å². The second-order valence-electron chi connectivity index (χ2n) is 4.31. The van der Waals surface area contributed by atoms with Gasteiger partial charge in [-0.15, -0.1) is 0 Å². The minimum absolute atomic E-state index is 0.0681. The zero-order valence-corrected chi connectivity index (χ0v) is 11.3. The molecule has 2 atom stereocenters. The lowest BCUT2D eigenvalue weighted by molar-refractivity contribution is 0.00185. The summed E-state index contributed by atoms with van der Waals surface area (Å²) in [7, 11) is -3.90. The molecule has 5 nitrogen and oxygen atoms in total. The van der Waals surface area contributed by atoms with E-state index in [0.29, 0.717) is 6.61 Å². The summed E-state index contributed by atoms with van der Waals surface area (Å²) < 4.78 is 34.4. The van der Waals surface area contributed by atoms with Crippen molar-refractivity contribution in [2.75, 3.05) is 13.2 Å². The molecule has 1 aliphatic rings. The Hall–Kier alpha value is -1.21. The average molecular weight is 284 g/mol. The molecular weight excluding hydrogens is 268 g/mol. The van der Waals surface area contributed by atoms with Crippen molar-refractivity contribution >= 4 is 10.1 Å². The van der Waals surface area contributed by atoms with Crippen molar-refractivity contribution in [2.24, 2.45) is 0 Å². The Morgan fingerprint density at radius 3 is 2.63 bits per heavy atom. The normalized spacial score (nSPS) is 20.6. The molecule has 0 aliphatic carbocycles. The highest BCUT2D eigenvalue weighted by molar-refractivity contribution is 7.86. The molecule has 0 fully saturated rings. The van der Waals surface area contributed by atoms with Crippen molar-refractivity contribution in [3.8, 4) is 0 Å². The first-order valence-corrected chi connectivity index (χ1v) is 7.33. The maximum absolute atomic E-state index is 12.1. The van der Waals surface area contributed by atoms with Gasteiger partial charge in [-0.1, -0.05) is 29.8 Å². The summed E-state index contributed by atoms with van der Waals surface area (Å²) in [6, 6.07) is 6.33. The van der Waals surface area contributed by atoms with E-state index in [9.17, 15) is 13.5 Å². The summed E-state index contributed by atoms with van der Waals surface area (Å²) in [6.45, 7) is 1.83. The Kier molecular flexibility index (Phi) is 4.36. The Morgan fingerprint density at radius 1 is 1.42 bits per heavy atom. The monoisotopic (exact) mass is 284 g/mol. The molecule has 19 heavy (non-hydrogen) atoms. The number of ether oxygens (including phenoxy) is 1. The average Bonchev–Trinajstić information content (AvgIpc) is 2.90. The van der Waals surface area contributed by atoms with E-state index in [1.54, 1.807) is 24.3 Å². The summed E-state index contributed by atoms with van der Waals surface area (Å²) in [5.74, 6) is 0. The predicted octanol–water partition coefficient (Wildman–Crippen LogP) is 1.02. The molecule has 2 rings (SSSR count). The van der Waals surface area contributed by atoms with Gasteiger partial charge in [0.2, 0.25) is 0 Å². The first kappa shape index (κ1) is 14.2. The molecule has 0 unspecified atom stereocenters. The van der Waals surface area contributed by atoms with Crippen molar-refractivity contribution in [1.29, 1.82) is 0 Å². The number of hydrogen-bond donors (Lipinski definition) is 1. The van der Waals surface area contributed by atoms with Crippen LogP contribution in [0.4, 0.5) is 0 Å². The molecule has 0 spiro atoms. The zero-order valence-electron chi connectivity index (χ0n) is 10.5. The third kappa shape index (κ3) is 3.42. The largest absolute Gasteiger partial charge is 0.394 e. The Bertz CT molecular complexity index is 547. The number of aliphatic hydroxyl groups is 1.